The fourth-order valence-electron chi connectivity index (χ4n) is 1.71. The lowest BCUT2D eigenvalue weighted by Gasteiger charge is -2.02. The minimum atomic E-state index is -0.185. The van der Waals surface area contributed by atoms with Crippen molar-refractivity contribution in [3.05, 3.63) is 45.7 Å². The van der Waals surface area contributed by atoms with E-state index in [9.17, 15) is 4.79 Å². The number of amides is 1. The molecule has 2 aromatic heterocycles. The molecule has 0 aliphatic heterocycles. The summed E-state index contributed by atoms with van der Waals surface area (Å²) in [6.45, 7) is 2.17. The molecule has 2 heterocycles. The third-order valence-corrected chi connectivity index (χ3v) is 3.81. The van der Waals surface area contributed by atoms with E-state index in [1.165, 1.54) is 11.3 Å². The van der Waals surface area contributed by atoms with E-state index in [0.717, 1.165) is 15.8 Å². The number of nitrogens with one attached hydrogen (secondary N) is 1. The van der Waals surface area contributed by atoms with Crippen LogP contribution in [0, 0.1) is 6.92 Å². The van der Waals surface area contributed by atoms with Crippen LogP contribution >= 0.6 is 22.9 Å². The molecule has 8 heteroatoms. The number of halogens is 1. The number of rotatable bonds is 3. The predicted octanol–water partition coefficient (Wildman–Crippen LogP) is 2.08. The zero-order chi connectivity index (χ0) is 14.1. The van der Waals surface area contributed by atoms with E-state index < -0.39 is 0 Å². The fourth-order valence-corrected chi connectivity index (χ4v) is 2.72. The highest BCUT2D eigenvalue weighted by Gasteiger charge is 2.10. The molecule has 0 saturated carbocycles. The van der Waals surface area contributed by atoms with E-state index in [1.54, 1.807) is 28.8 Å². The molecule has 0 aliphatic rings. The van der Waals surface area contributed by atoms with Crippen molar-refractivity contribution in [1.82, 2.24) is 25.1 Å². The van der Waals surface area contributed by atoms with E-state index in [0.29, 0.717) is 17.1 Å². The Hall–Kier alpha value is -1.99. The van der Waals surface area contributed by atoms with Crippen LogP contribution in [0.25, 0.3) is 4.96 Å². The number of aromatic nitrogens is 4. The van der Waals surface area contributed by atoms with Gasteiger partial charge in [0.2, 0.25) is 4.96 Å². The summed E-state index contributed by atoms with van der Waals surface area (Å²) >= 11 is 7.25. The van der Waals surface area contributed by atoms with Gasteiger partial charge in [-0.2, -0.15) is 9.61 Å². The van der Waals surface area contributed by atoms with Crippen molar-refractivity contribution in [2.75, 3.05) is 0 Å². The van der Waals surface area contributed by atoms with E-state index in [2.05, 4.69) is 20.6 Å². The van der Waals surface area contributed by atoms with Gasteiger partial charge in [0.25, 0.3) is 5.91 Å². The fraction of sp³-hybridized carbons (Fsp3) is 0.167. The molecule has 0 fully saturated rings. The molecule has 6 nitrogen and oxygen atoms in total. The highest BCUT2D eigenvalue weighted by atomic mass is 35.5. The van der Waals surface area contributed by atoms with Crippen molar-refractivity contribution < 1.29 is 4.79 Å². The Balaban J connectivity index is 1.71. The second-order valence-electron chi connectivity index (χ2n) is 4.13. The molecule has 0 spiro atoms. The van der Waals surface area contributed by atoms with Gasteiger partial charge in [-0.05, 0) is 25.1 Å². The summed E-state index contributed by atoms with van der Waals surface area (Å²) in [7, 11) is 0. The molecule has 3 aromatic rings. The van der Waals surface area contributed by atoms with Crippen molar-refractivity contribution in [2.45, 2.75) is 13.5 Å². The van der Waals surface area contributed by atoms with Gasteiger partial charge in [0.15, 0.2) is 5.82 Å². The molecule has 0 radical (unpaired) electrons. The third-order valence-electron chi connectivity index (χ3n) is 2.68. The summed E-state index contributed by atoms with van der Waals surface area (Å²) in [4.78, 5) is 12.7. The minimum absolute atomic E-state index is 0.185. The molecule has 1 amide bonds. The van der Waals surface area contributed by atoms with Crippen molar-refractivity contribution in [1.29, 1.82) is 0 Å². The molecule has 0 aliphatic carbocycles. The molecule has 1 aromatic carbocycles. The van der Waals surface area contributed by atoms with E-state index in [1.807, 2.05) is 6.92 Å². The molecule has 0 atom stereocenters. The second-order valence-corrected chi connectivity index (χ2v) is 5.61. The van der Waals surface area contributed by atoms with Gasteiger partial charge < -0.3 is 5.32 Å². The molecule has 102 valence electrons. The predicted molar refractivity (Wildman–Crippen MR) is 76.0 cm³/mol. The maximum Gasteiger partial charge on any atom is 0.251 e. The summed E-state index contributed by atoms with van der Waals surface area (Å²) in [6, 6.07) is 6.80. The number of carbonyl (C=O) groups is 1. The lowest BCUT2D eigenvalue weighted by atomic mass is 10.2. The van der Waals surface area contributed by atoms with Gasteiger partial charge in [0.05, 0.1) is 6.54 Å². The number of fused-ring (bicyclic) bond motifs is 1. The molecule has 3 rings (SSSR count). The summed E-state index contributed by atoms with van der Waals surface area (Å²) in [6.07, 6.45) is 0. The largest absolute Gasteiger partial charge is 0.345 e. The van der Waals surface area contributed by atoms with Crippen LogP contribution in [-0.2, 0) is 6.54 Å². The van der Waals surface area contributed by atoms with Crippen LogP contribution in [0.1, 0.15) is 21.2 Å². The molecular weight excluding hydrogens is 298 g/mol. The van der Waals surface area contributed by atoms with Gasteiger partial charge in [0, 0.05) is 10.6 Å². The SMILES string of the molecule is Cc1nnc2sc(CNC(=O)c3cccc(Cl)c3)nn12. The van der Waals surface area contributed by atoms with Crippen LogP contribution in [-0.4, -0.2) is 25.7 Å². The molecule has 0 saturated heterocycles. The van der Waals surface area contributed by atoms with Crippen molar-refractivity contribution in [3.63, 3.8) is 0 Å². The van der Waals surface area contributed by atoms with Crippen LogP contribution in [0.4, 0.5) is 0 Å². The third kappa shape index (κ3) is 2.50. The van der Waals surface area contributed by atoms with Crippen LogP contribution in [0.15, 0.2) is 24.3 Å². The molecule has 20 heavy (non-hydrogen) atoms. The summed E-state index contributed by atoms with van der Waals surface area (Å²) < 4.78 is 1.66. The van der Waals surface area contributed by atoms with Crippen LogP contribution in [0.2, 0.25) is 5.02 Å². The van der Waals surface area contributed by atoms with E-state index in [-0.39, 0.29) is 5.91 Å². The van der Waals surface area contributed by atoms with Crippen LogP contribution in [0.3, 0.4) is 0 Å². The second kappa shape index (κ2) is 5.18. The number of aryl methyl sites for hydroxylation is 1. The lowest BCUT2D eigenvalue weighted by molar-refractivity contribution is 0.0951. The van der Waals surface area contributed by atoms with Gasteiger partial charge in [-0.3, -0.25) is 4.79 Å². The summed E-state index contributed by atoms with van der Waals surface area (Å²) in [5, 5.41) is 16.3. The molecule has 0 bridgehead atoms. The number of carbonyl (C=O) groups excluding carboxylic acids is 1. The quantitative estimate of drug-likeness (QED) is 0.804. The smallest absolute Gasteiger partial charge is 0.251 e. The number of benzene rings is 1. The zero-order valence-corrected chi connectivity index (χ0v) is 12.1. The van der Waals surface area contributed by atoms with Gasteiger partial charge in [-0.1, -0.05) is 29.0 Å². The molecule has 0 unspecified atom stereocenters. The number of hydrogen-bond donors (Lipinski definition) is 1. The van der Waals surface area contributed by atoms with Gasteiger partial charge >= 0.3 is 0 Å². The normalized spacial score (nSPS) is 10.9. The maximum atomic E-state index is 12.0. The highest BCUT2D eigenvalue weighted by Crippen LogP contribution is 2.14. The van der Waals surface area contributed by atoms with E-state index >= 15 is 0 Å². The Labute approximate surface area is 123 Å². The Bertz CT molecular complexity index is 781. The zero-order valence-electron chi connectivity index (χ0n) is 10.5. The van der Waals surface area contributed by atoms with Crippen molar-refractivity contribution in [2.24, 2.45) is 0 Å². The first-order valence-electron chi connectivity index (χ1n) is 5.85. The first-order valence-corrected chi connectivity index (χ1v) is 7.04. The van der Waals surface area contributed by atoms with E-state index in [4.69, 9.17) is 11.6 Å². The van der Waals surface area contributed by atoms with Gasteiger partial charge in [-0.15, -0.1) is 10.2 Å². The van der Waals surface area contributed by atoms with Crippen molar-refractivity contribution >= 4 is 33.8 Å². The minimum Gasteiger partial charge on any atom is -0.345 e. The maximum absolute atomic E-state index is 12.0. The summed E-state index contributed by atoms with van der Waals surface area (Å²) in [5.74, 6) is 0.541. The Morgan fingerprint density at radius 3 is 3.05 bits per heavy atom. The lowest BCUT2D eigenvalue weighted by Crippen LogP contribution is -2.22. The summed E-state index contributed by atoms with van der Waals surface area (Å²) in [5.41, 5.74) is 0.525. The Morgan fingerprint density at radius 2 is 2.30 bits per heavy atom. The average Bonchev–Trinajstić information content (AvgIpc) is 2.98. The molecule has 1 N–H and O–H groups in total. The van der Waals surface area contributed by atoms with Crippen molar-refractivity contribution in [3.8, 4) is 0 Å². The standard InChI is InChI=1S/C12H10ClN5OS/c1-7-15-16-12-18(7)17-10(20-12)6-14-11(19)8-3-2-4-9(13)5-8/h2-5H,6H2,1H3,(H,14,19). The number of hydrogen-bond acceptors (Lipinski definition) is 5. The first kappa shape index (κ1) is 13.0. The first-order chi connectivity index (χ1) is 9.63. The number of nitrogens with zero attached hydrogens (tertiary/aromatic N) is 4. The molecular formula is C12H10ClN5OS. The van der Waals surface area contributed by atoms with Crippen LogP contribution in [0.5, 0.6) is 0 Å². The monoisotopic (exact) mass is 307 g/mol. The van der Waals surface area contributed by atoms with Crippen LogP contribution < -0.4 is 5.32 Å². The topological polar surface area (TPSA) is 72.2 Å². The Kier molecular flexibility index (Phi) is 3.37. The van der Waals surface area contributed by atoms with Gasteiger partial charge in [0.1, 0.15) is 5.01 Å². The average molecular weight is 308 g/mol. The van der Waals surface area contributed by atoms with Gasteiger partial charge in [-0.25, -0.2) is 0 Å². The Morgan fingerprint density at radius 1 is 1.45 bits per heavy atom. The highest BCUT2D eigenvalue weighted by molar-refractivity contribution is 7.16.